The number of likely N-dealkylation sites (N-methyl/N-ethyl adjacent to an activating group) is 1. The van der Waals surface area contributed by atoms with Gasteiger partial charge in [-0.05, 0) is 31.3 Å². The van der Waals surface area contributed by atoms with E-state index in [-0.39, 0.29) is 17.5 Å². The molecular formula is C15H20N4O2S. The maximum absolute atomic E-state index is 12.4. The summed E-state index contributed by atoms with van der Waals surface area (Å²) in [7, 11) is 1.91. The molecule has 1 aliphatic rings. The lowest BCUT2D eigenvalue weighted by molar-refractivity contribution is -0.132. The van der Waals surface area contributed by atoms with Crippen LogP contribution in [-0.2, 0) is 11.3 Å². The molecule has 1 amide bonds. The van der Waals surface area contributed by atoms with Gasteiger partial charge in [-0.1, -0.05) is 0 Å². The van der Waals surface area contributed by atoms with Gasteiger partial charge >= 0.3 is 0 Å². The van der Waals surface area contributed by atoms with Gasteiger partial charge in [-0.15, -0.1) is 11.3 Å². The quantitative estimate of drug-likeness (QED) is 0.894. The molecule has 0 bridgehead atoms. The number of hydrogen-bond donors (Lipinski definition) is 1. The van der Waals surface area contributed by atoms with Crippen LogP contribution in [0.4, 0.5) is 0 Å². The molecular weight excluding hydrogens is 300 g/mol. The number of hydrogen-bond acceptors (Lipinski definition) is 5. The van der Waals surface area contributed by atoms with E-state index in [2.05, 4.69) is 10.3 Å². The van der Waals surface area contributed by atoms with Gasteiger partial charge < -0.3 is 10.2 Å². The molecule has 6 nitrogen and oxygen atoms in total. The second-order valence-electron chi connectivity index (χ2n) is 5.57. The van der Waals surface area contributed by atoms with Gasteiger partial charge in [0.15, 0.2) is 0 Å². The molecule has 1 unspecified atom stereocenters. The molecule has 2 aromatic heterocycles. The number of nitrogens with zero attached hydrogens (tertiary/aromatic N) is 3. The van der Waals surface area contributed by atoms with Crippen LogP contribution in [0.25, 0.3) is 10.2 Å². The van der Waals surface area contributed by atoms with Crippen molar-refractivity contribution in [2.45, 2.75) is 31.8 Å². The Labute approximate surface area is 132 Å². The van der Waals surface area contributed by atoms with Crippen LogP contribution in [0.1, 0.15) is 19.3 Å². The Morgan fingerprint density at radius 3 is 3.23 bits per heavy atom. The molecule has 0 saturated carbocycles. The smallest absolute Gasteiger partial charge is 0.262 e. The largest absolute Gasteiger partial charge is 0.338 e. The highest BCUT2D eigenvalue weighted by molar-refractivity contribution is 7.16. The van der Waals surface area contributed by atoms with Crippen LogP contribution in [0.15, 0.2) is 22.6 Å². The summed E-state index contributed by atoms with van der Waals surface area (Å²) in [5.41, 5.74) is -0.0627. The Balaban J connectivity index is 1.67. The van der Waals surface area contributed by atoms with Crippen LogP contribution in [-0.4, -0.2) is 46.5 Å². The van der Waals surface area contributed by atoms with Crippen molar-refractivity contribution in [3.8, 4) is 0 Å². The van der Waals surface area contributed by atoms with Gasteiger partial charge in [-0.2, -0.15) is 0 Å². The molecule has 1 N–H and O–H groups in total. The molecule has 2 aromatic rings. The highest BCUT2D eigenvalue weighted by atomic mass is 32.1. The van der Waals surface area contributed by atoms with E-state index in [1.165, 1.54) is 15.9 Å². The van der Waals surface area contributed by atoms with Crippen LogP contribution < -0.4 is 10.9 Å². The van der Waals surface area contributed by atoms with E-state index in [4.69, 9.17) is 0 Å². The summed E-state index contributed by atoms with van der Waals surface area (Å²) >= 11 is 1.45. The second kappa shape index (κ2) is 6.58. The Morgan fingerprint density at radius 1 is 1.55 bits per heavy atom. The molecule has 0 radical (unpaired) electrons. The molecule has 0 spiro atoms. The van der Waals surface area contributed by atoms with E-state index >= 15 is 0 Å². The molecule has 1 atom stereocenters. The molecule has 0 aliphatic carbocycles. The third-order valence-electron chi connectivity index (χ3n) is 4.15. The number of carbonyl (C=O) groups is 1. The summed E-state index contributed by atoms with van der Waals surface area (Å²) in [6.07, 6.45) is 4.00. The fraction of sp³-hybridized carbons (Fsp3) is 0.533. The predicted molar refractivity (Wildman–Crippen MR) is 87.2 cm³/mol. The predicted octanol–water partition coefficient (Wildman–Crippen LogP) is 1.06. The van der Waals surface area contributed by atoms with Crippen molar-refractivity contribution in [1.29, 1.82) is 0 Å². The number of amides is 1. The minimum Gasteiger partial charge on any atom is -0.338 e. The molecule has 118 valence electrons. The standard InChI is InChI=1S/C15H20N4O2S/c1-16-9-11-3-2-6-19(11)13(20)4-7-18-10-17-14-12(15(18)21)5-8-22-14/h5,8,10-11,16H,2-4,6-7,9H2,1H3. The summed E-state index contributed by atoms with van der Waals surface area (Å²) in [5.74, 6) is 0.120. The van der Waals surface area contributed by atoms with Crippen LogP contribution in [0.5, 0.6) is 0 Å². The van der Waals surface area contributed by atoms with Gasteiger partial charge in [0.2, 0.25) is 5.91 Å². The lowest BCUT2D eigenvalue weighted by Crippen LogP contribution is -2.41. The zero-order valence-electron chi connectivity index (χ0n) is 12.6. The Kier molecular flexibility index (Phi) is 4.54. The van der Waals surface area contributed by atoms with E-state index in [1.807, 2.05) is 17.3 Å². The highest BCUT2D eigenvalue weighted by Crippen LogP contribution is 2.18. The normalized spacial score (nSPS) is 18.2. The summed E-state index contributed by atoms with van der Waals surface area (Å²) in [6, 6.07) is 2.07. The lowest BCUT2D eigenvalue weighted by atomic mass is 10.2. The van der Waals surface area contributed by atoms with Gasteiger partial charge in [0.1, 0.15) is 4.83 Å². The highest BCUT2D eigenvalue weighted by Gasteiger charge is 2.27. The molecule has 0 aromatic carbocycles. The van der Waals surface area contributed by atoms with Crippen LogP contribution in [0.3, 0.4) is 0 Å². The number of fused-ring (bicyclic) bond motifs is 1. The third kappa shape index (κ3) is 2.91. The maximum atomic E-state index is 12.4. The van der Waals surface area contributed by atoms with E-state index in [0.29, 0.717) is 18.4 Å². The second-order valence-corrected chi connectivity index (χ2v) is 6.47. The average molecular weight is 320 g/mol. The molecule has 1 saturated heterocycles. The SMILES string of the molecule is CNCC1CCCN1C(=O)CCn1cnc2sccc2c1=O. The van der Waals surface area contributed by atoms with Crippen LogP contribution >= 0.6 is 11.3 Å². The summed E-state index contributed by atoms with van der Waals surface area (Å²) < 4.78 is 1.54. The molecule has 7 heteroatoms. The van der Waals surface area contributed by atoms with Crippen LogP contribution in [0, 0.1) is 0 Å². The Hall–Kier alpha value is -1.73. The van der Waals surface area contributed by atoms with E-state index in [9.17, 15) is 9.59 Å². The molecule has 1 fully saturated rings. The van der Waals surface area contributed by atoms with Gasteiger partial charge in [0, 0.05) is 32.1 Å². The summed E-state index contributed by atoms with van der Waals surface area (Å²) in [5, 5.41) is 5.63. The average Bonchev–Trinajstić information content (AvgIpc) is 3.16. The minimum absolute atomic E-state index is 0.0627. The molecule has 22 heavy (non-hydrogen) atoms. The van der Waals surface area contributed by atoms with Crippen molar-refractivity contribution in [1.82, 2.24) is 19.8 Å². The molecule has 3 rings (SSSR count). The van der Waals surface area contributed by atoms with E-state index < -0.39 is 0 Å². The van der Waals surface area contributed by atoms with Crippen molar-refractivity contribution in [2.75, 3.05) is 20.1 Å². The number of aromatic nitrogens is 2. The fourth-order valence-electron chi connectivity index (χ4n) is 3.02. The number of rotatable bonds is 5. The third-order valence-corrected chi connectivity index (χ3v) is 4.97. The summed E-state index contributed by atoms with van der Waals surface area (Å²) in [6.45, 7) is 2.04. The first kappa shape index (κ1) is 15.2. The van der Waals surface area contributed by atoms with E-state index in [1.54, 1.807) is 12.4 Å². The first-order valence-corrected chi connectivity index (χ1v) is 8.45. The number of nitrogens with one attached hydrogen (secondary N) is 1. The first-order chi connectivity index (χ1) is 10.7. The van der Waals surface area contributed by atoms with Crippen molar-refractivity contribution in [3.05, 3.63) is 28.1 Å². The van der Waals surface area contributed by atoms with Gasteiger partial charge in [0.05, 0.1) is 11.7 Å². The van der Waals surface area contributed by atoms with Gasteiger partial charge in [0.25, 0.3) is 5.56 Å². The van der Waals surface area contributed by atoms with Crippen molar-refractivity contribution in [3.63, 3.8) is 0 Å². The monoisotopic (exact) mass is 320 g/mol. The number of thiophene rings is 1. The Morgan fingerprint density at radius 2 is 2.41 bits per heavy atom. The number of aryl methyl sites for hydroxylation is 1. The zero-order valence-corrected chi connectivity index (χ0v) is 13.4. The molecule has 3 heterocycles. The van der Waals surface area contributed by atoms with Crippen molar-refractivity contribution < 1.29 is 4.79 Å². The number of likely N-dealkylation sites (tertiary alicyclic amines) is 1. The van der Waals surface area contributed by atoms with Crippen LogP contribution in [0.2, 0.25) is 0 Å². The van der Waals surface area contributed by atoms with Gasteiger partial charge in [-0.25, -0.2) is 4.98 Å². The molecule has 1 aliphatic heterocycles. The van der Waals surface area contributed by atoms with Crippen molar-refractivity contribution in [2.24, 2.45) is 0 Å². The minimum atomic E-state index is -0.0627. The first-order valence-electron chi connectivity index (χ1n) is 7.57. The van der Waals surface area contributed by atoms with Crippen molar-refractivity contribution >= 4 is 27.5 Å². The zero-order chi connectivity index (χ0) is 15.5. The summed E-state index contributed by atoms with van der Waals surface area (Å²) in [4.78, 5) is 31.6. The fourth-order valence-corrected chi connectivity index (χ4v) is 3.75. The van der Waals surface area contributed by atoms with E-state index in [0.717, 1.165) is 30.8 Å². The number of carbonyl (C=O) groups excluding carboxylic acids is 1. The Bertz CT molecular complexity index is 724. The lowest BCUT2D eigenvalue weighted by Gasteiger charge is -2.24. The van der Waals surface area contributed by atoms with Gasteiger partial charge in [-0.3, -0.25) is 14.2 Å². The maximum Gasteiger partial charge on any atom is 0.262 e. The topological polar surface area (TPSA) is 67.2 Å².